The van der Waals surface area contributed by atoms with E-state index in [4.69, 9.17) is 12.8 Å². The van der Waals surface area contributed by atoms with Gasteiger partial charge < -0.3 is 4.90 Å². The van der Waals surface area contributed by atoms with Crippen LogP contribution in [0.5, 0.6) is 0 Å². The van der Waals surface area contributed by atoms with E-state index in [1.165, 1.54) is 27.8 Å². The Morgan fingerprint density at radius 3 is 2.00 bits per heavy atom. The third-order valence-electron chi connectivity index (χ3n) is 7.01. The van der Waals surface area contributed by atoms with Crippen LogP contribution in [-0.4, -0.2) is 12.8 Å². The van der Waals surface area contributed by atoms with Gasteiger partial charge in [-0.3, -0.25) is 4.98 Å². The standard InChI is InChI=1S/C30H19BN2/c31-20-16-17-22-23-11-8-18-32-29(23)30(26(22)19-20)24-12-4-6-14-27(24)33(21-9-2-1-3-10-21)28-15-7-5-13-25(28)30/h1-19H. The van der Waals surface area contributed by atoms with E-state index in [9.17, 15) is 0 Å². The van der Waals surface area contributed by atoms with Crippen LogP contribution in [0.25, 0.3) is 11.1 Å². The topological polar surface area (TPSA) is 16.1 Å². The van der Waals surface area contributed by atoms with Crippen molar-refractivity contribution in [3.63, 3.8) is 0 Å². The number of hydrogen-bond donors (Lipinski definition) is 0. The number of para-hydroxylation sites is 3. The minimum atomic E-state index is -0.528. The first kappa shape index (κ1) is 18.5. The van der Waals surface area contributed by atoms with Crippen LogP contribution in [0.4, 0.5) is 17.1 Å². The highest BCUT2D eigenvalue weighted by Gasteiger charge is 2.52. The molecule has 0 unspecified atom stereocenters. The zero-order valence-corrected chi connectivity index (χ0v) is 17.9. The number of aromatic nitrogens is 1. The molecule has 33 heavy (non-hydrogen) atoms. The Morgan fingerprint density at radius 1 is 0.606 bits per heavy atom. The van der Waals surface area contributed by atoms with Gasteiger partial charge in [0.2, 0.25) is 0 Å². The van der Waals surface area contributed by atoms with Gasteiger partial charge >= 0.3 is 0 Å². The van der Waals surface area contributed by atoms with Gasteiger partial charge in [-0.1, -0.05) is 84.3 Å². The van der Waals surface area contributed by atoms with Crippen molar-refractivity contribution >= 4 is 30.4 Å². The van der Waals surface area contributed by atoms with Gasteiger partial charge in [0.25, 0.3) is 0 Å². The van der Waals surface area contributed by atoms with E-state index < -0.39 is 5.41 Å². The third kappa shape index (κ3) is 2.31. The lowest BCUT2D eigenvalue weighted by Crippen LogP contribution is -2.37. The van der Waals surface area contributed by atoms with E-state index >= 15 is 0 Å². The molecule has 1 aromatic heterocycles. The lowest BCUT2D eigenvalue weighted by Gasteiger charge is -2.44. The van der Waals surface area contributed by atoms with Crippen molar-refractivity contribution in [3.8, 4) is 11.1 Å². The summed E-state index contributed by atoms with van der Waals surface area (Å²) in [6, 6.07) is 38.5. The zero-order chi connectivity index (χ0) is 22.0. The lowest BCUT2D eigenvalue weighted by atomic mass is 9.65. The molecule has 3 heteroatoms. The lowest BCUT2D eigenvalue weighted by molar-refractivity contribution is 0.725. The minimum Gasteiger partial charge on any atom is -0.310 e. The average molecular weight is 418 g/mol. The predicted octanol–water partition coefficient (Wildman–Crippen LogP) is 6.02. The maximum Gasteiger partial charge on any atom is 0.113 e. The second-order valence-corrected chi connectivity index (χ2v) is 8.66. The number of nitrogens with zero attached hydrogens (tertiary/aromatic N) is 2. The Balaban J connectivity index is 1.68. The normalized spacial score (nSPS) is 14.4. The summed E-state index contributed by atoms with van der Waals surface area (Å²) in [5, 5.41) is 0. The van der Waals surface area contributed by atoms with Crippen LogP contribution in [0.1, 0.15) is 22.4 Å². The van der Waals surface area contributed by atoms with Gasteiger partial charge in [0.05, 0.1) is 22.5 Å². The Labute approximate surface area is 194 Å². The summed E-state index contributed by atoms with van der Waals surface area (Å²) in [5.74, 6) is 0. The highest BCUT2D eigenvalue weighted by Crippen LogP contribution is 2.62. The van der Waals surface area contributed by atoms with Crippen LogP contribution in [0.15, 0.2) is 115 Å². The molecule has 0 saturated carbocycles. The van der Waals surface area contributed by atoms with E-state index in [1.54, 1.807) is 0 Å². The molecule has 2 nitrogen and oxygen atoms in total. The largest absolute Gasteiger partial charge is 0.310 e. The molecule has 1 aliphatic carbocycles. The van der Waals surface area contributed by atoms with Crippen LogP contribution >= 0.6 is 0 Å². The van der Waals surface area contributed by atoms with Gasteiger partial charge in [-0.2, -0.15) is 0 Å². The van der Waals surface area contributed by atoms with Crippen molar-refractivity contribution < 1.29 is 0 Å². The summed E-state index contributed by atoms with van der Waals surface area (Å²) in [6.45, 7) is 0. The molecule has 1 aliphatic heterocycles. The molecule has 0 bridgehead atoms. The fourth-order valence-corrected chi connectivity index (χ4v) is 5.80. The van der Waals surface area contributed by atoms with E-state index in [0.717, 1.165) is 28.2 Å². The summed E-state index contributed by atoms with van der Waals surface area (Å²) in [7, 11) is 6.38. The van der Waals surface area contributed by atoms with Crippen LogP contribution < -0.4 is 10.4 Å². The maximum absolute atomic E-state index is 6.38. The predicted molar refractivity (Wildman–Crippen MR) is 135 cm³/mol. The van der Waals surface area contributed by atoms with Crippen molar-refractivity contribution in [2.45, 2.75) is 5.41 Å². The van der Waals surface area contributed by atoms with E-state index in [2.05, 4.69) is 102 Å². The molecule has 0 atom stereocenters. The van der Waals surface area contributed by atoms with E-state index in [0.29, 0.717) is 0 Å². The highest BCUT2D eigenvalue weighted by molar-refractivity contribution is 6.32. The smallest absolute Gasteiger partial charge is 0.113 e. The summed E-state index contributed by atoms with van der Waals surface area (Å²) in [5.41, 5.74) is 10.8. The second kappa shape index (κ2) is 6.70. The van der Waals surface area contributed by atoms with Gasteiger partial charge in [-0.05, 0) is 52.6 Å². The van der Waals surface area contributed by atoms with Crippen LogP contribution in [0, 0.1) is 0 Å². The summed E-state index contributed by atoms with van der Waals surface area (Å²) < 4.78 is 0. The van der Waals surface area contributed by atoms with Crippen molar-refractivity contribution in [1.29, 1.82) is 0 Å². The molecule has 5 aromatic rings. The molecule has 2 heterocycles. The van der Waals surface area contributed by atoms with Gasteiger partial charge in [-0.15, -0.1) is 0 Å². The van der Waals surface area contributed by atoms with Crippen molar-refractivity contribution in [2.24, 2.45) is 0 Å². The van der Waals surface area contributed by atoms with Crippen LogP contribution in [0.2, 0.25) is 0 Å². The molecule has 2 radical (unpaired) electrons. The average Bonchev–Trinajstić information content (AvgIpc) is 3.15. The number of pyridine rings is 1. The minimum absolute atomic E-state index is 0.528. The fraction of sp³-hybridized carbons (Fsp3) is 0.0333. The Hall–Kier alpha value is -4.11. The first-order chi connectivity index (χ1) is 16.3. The van der Waals surface area contributed by atoms with Crippen molar-refractivity contribution in [2.75, 3.05) is 4.90 Å². The molecule has 0 fully saturated rings. The zero-order valence-electron chi connectivity index (χ0n) is 17.9. The molecule has 1 spiro atoms. The number of fused-ring (bicyclic) bond motifs is 9. The monoisotopic (exact) mass is 418 g/mol. The molecule has 7 rings (SSSR count). The summed E-state index contributed by atoms with van der Waals surface area (Å²) in [4.78, 5) is 7.38. The SMILES string of the molecule is [B]c1ccc2c(c1)C1(c3ccccc3N(c3ccccc3)c3ccccc31)c1ncccc1-2. The van der Waals surface area contributed by atoms with Gasteiger partial charge in [-0.25, -0.2) is 0 Å². The molecule has 4 aromatic carbocycles. The molecule has 0 N–H and O–H groups in total. The number of hydrogen-bond acceptors (Lipinski definition) is 2. The van der Waals surface area contributed by atoms with Gasteiger partial charge in [0, 0.05) is 17.4 Å². The Morgan fingerprint density at radius 2 is 1.27 bits per heavy atom. The number of rotatable bonds is 1. The first-order valence-electron chi connectivity index (χ1n) is 11.2. The van der Waals surface area contributed by atoms with Gasteiger partial charge in [0.1, 0.15) is 7.85 Å². The quantitative estimate of drug-likeness (QED) is 0.303. The molecule has 0 amide bonds. The maximum atomic E-state index is 6.38. The van der Waals surface area contributed by atoms with Crippen LogP contribution in [-0.2, 0) is 5.41 Å². The fourth-order valence-electron chi connectivity index (χ4n) is 5.80. The molecular formula is C30H19BN2. The van der Waals surface area contributed by atoms with E-state index in [1.807, 2.05) is 18.3 Å². The Kier molecular flexibility index (Phi) is 3.75. The highest BCUT2D eigenvalue weighted by atomic mass is 15.2. The summed E-state index contributed by atoms with van der Waals surface area (Å²) >= 11 is 0. The second-order valence-electron chi connectivity index (χ2n) is 8.66. The molecule has 152 valence electrons. The van der Waals surface area contributed by atoms with E-state index in [-0.39, 0.29) is 0 Å². The molecule has 0 saturated heterocycles. The van der Waals surface area contributed by atoms with Crippen LogP contribution in [0.3, 0.4) is 0 Å². The Bertz CT molecular complexity index is 1490. The number of benzene rings is 4. The molecular weight excluding hydrogens is 399 g/mol. The summed E-state index contributed by atoms with van der Waals surface area (Å²) in [6.07, 6.45) is 1.91. The van der Waals surface area contributed by atoms with Gasteiger partial charge in [0.15, 0.2) is 0 Å². The van der Waals surface area contributed by atoms with Crippen molar-refractivity contribution in [3.05, 3.63) is 138 Å². The van der Waals surface area contributed by atoms with Crippen molar-refractivity contribution in [1.82, 2.24) is 4.98 Å². The molecule has 2 aliphatic rings. The first-order valence-corrected chi connectivity index (χ1v) is 11.2. The third-order valence-corrected chi connectivity index (χ3v) is 7.01. The number of anilines is 3.